The molecule has 5 heteroatoms. The number of amides is 1. The number of piperidine rings is 1. The first kappa shape index (κ1) is 13.3. The summed E-state index contributed by atoms with van der Waals surface area (Å²) in [5.74, 6) is -0.698. The lowest BCUT2D eigenvalue weighted by atomic mass is 10.00. The summed E-state index contributed by atoms with van der Waals surface area (Å²) < 4.78 is 0. The van der Waals surface area contributed by atoms with E-state index < -0.39 is 12.0 Å². The van der Waals surface area contributed by atoms with Crippen molar-refractivity contribution < 1.29 is 14.7 Å². The first-order valence-electron chi connectivity index (χ1n) is 6.88. The van der Waals surface area contributed by atoms with E-state index in [1.165, 1.54) is 0 Å². The molecule has 1 N–H and O–H groups in total. The van der Waals surface area contributed by atoms with Crippen LogP contribution in [0.5, 0.6) is 0 Å². The van der Waals surface area contributed by atoms with Gasteiger partial charge in [-0.15, -0.1) is 0 Å². The minimum absolute atomic E-state index is 0.0978. The number of carboxylic acid groups (broad SMARTS) is 1. The third-order valence-corrected chi connectivity index (χ3v) is 4.10. The smallest absolute Gasteiger partial charge is 0.320 e. The molecule has 0 aromatic heterocycles. The Morgan fingerprint density at radius 3 is 2.33 bits per heavy atom. The van der Waals surface area contributed by atoms with E-state index in [0.29, 0.717) is 6.42 Å². The Bertz CT molecular complexity index is 326. The van der Waals surface area contributed by atoms with Gasteiger partial charge >= 0.3 is 5.97 Å². The standard InChI is InChI=1S/C13H22N2O3/c1-10(12(16)14-7-4-5-8-14)15-9-3-2-6-11(15)13(17)18/h10-11H,2-9H2,1H3,(H,17,18). The lowest BCUT2D eigenvalue weighted by Crippen LogP contribution is -2.54. The molecule has 0 aromatic carbocycles. The number of carbonyl (C=O) groups excluding carboxylic acids is 1. The van der Waals surface area contributed by atoms with E-state index >= 15 is 0 Å². The van der Waals surface area contributed by atoms with Crippen LogP contribution in [0.3, 0.4) is 0 Å². The Morgan fingerprint density at radius 2 is 1.72 bits per heavy atom. The van der Waals surface area contributed by atoms with Crippen LogP contribution in [0.25, 0.3) is 0 Å². The number of likely N-dealkylation sites (tertiary alicyclic amines) is 2. The molecule has 2 rings (SSSR count). The van der Waals surface area contributed by atoms with Crippen molar-refractivity contribution in [2.24, 2.45) is 0 Å². The van der Waals surface area contributed by atoms with E-state index in [1.54, 1.807) is 0 Å². The molecule has 0 bridgehead atoms. The zero-order chi connectivity index (χ0) is 13.1. The third-order valence-electron chi connectivity index (χ3n) is 4.10. The molecular formula is C13H22N2O3. The molecule has 2 aliphatic rings. The number of rotatable bonds is 3. The molecule has 2 aliphatic heterocycles. The Morgan fingerprint density at radius 1 is 1.11 bits per heavy atom. The summed E-state index contributed by atoms with van der Waals surface area (Å²) in [6.45, 7) is 4.23. The van der Waals surface area contributed by atoms with Gasteiger partial charge < -0.3 is 10.0 Å². The van der Waals surface area contributed by atoms with Gasteiger partial charge in [-0.25, -0.2) is 0 Å². The van der Waals surface area contributed by atoms with Crippen LogP contribution >= 0.6 is 0 Å². The second kappa shape index (κ2) is 5.69. The van der Waals surface area contributed by atoms with Crippen LogP contribution in [-0.2, 0) is 9.59 Å². The van der Waals surface area contributed by atoms with Crippen molar-refractivity contribution in [2.75, 3.05) is 19.6 Å². The number of hydrogen-bond donors (Lipinski definition) is 1. The van der Waals surface area contributed by atoms with Gasteiger partial charge in [0.1, 0.15) is 6.04 Å². The third kappa shape index (κ3) is 2.66. The van der Waals surface area contributed by atoms with Crippen molar-refractivity contribution in [3.8, 4) is 0 Å². The molecule has 0 spiro atoms. The van der Waals surface area contributed by atoms with Crippen LogP contribution in [0.4, 0.5) is 0 Å². The largest absolute Gasteiger partial charge is 0.480 e. The zero-order valence-corrected chi connectivity index (χ0v) is 11.0. The van der Waals surface area contributed by atoms with Crippen LogP contribution in [0.15, 0.2) is 0 Å². The van der Waals surface area contributed by atoms with E-state index in [-0.39, 0.29) is 11.9 Å². The average Bonchev–Trinajstić information content (AvgIpc) is 2.90. The van der Waals surface area contributed by atoms with Crippen molar-refractivity contribution in [1.29, 1.82) is 0 Å². The highest BCUT2D eigenvalue weighted by Gasteiger charge is 2.36. The van der Waals surface area contributed by atoms with Crippen LogP contribution < -0.4 is 0 Å². The molecule has 2 fully saturated rings. The van der Waals surface area contributed by atoms with Crippen molar-refractivity contribution >= 4 is 11.9 Å². The molecule has 0 aliphatic carbocycles. The molecule has 5 nitrogen and oxygen atoms in total. The highest BCUT2D eigenvalue weighted by atomic mass is 16.4. The normalized spacial score (nSPS) is 27.2. The fourth-order valence-electron chi connectivity index (χ4n) is 3.03. The summed E-state index contributed by atoms with van der Waals surface area (Å²) >= 11 is 0. The maximum Gasteiger partial charge on any atom is 0.320 e. The number of carboxylic acids is 1. The Kier molecular flexibility index (Phi) is 4.22. The lowest BCUT2D eigenvalue weighted by Gasteiger charge is -2.38. The predicted molar refractivity (Wildman–Crippen MR) is 67.3 cm³/mol. The molecule has 1 amide bonds. The Balaban J connectivity index is 2.03. The monoisotopic (exact) mass is 254 g/mol. The second-order valence-corrected chi connectivity index (χ2v) is 5.30. The fraction of sp³-hybridized carbons (Fsp3) is 0.846. The van der Waals surface area contributed by atoms with Crippen molar-refractivity contribution in [2.45, 2.75) is 51.1 Å². The topological polar surface area (TPSA) is 60.9 Å². The average molecular weight is 254 g/mol. The van der Waals surface area contributed by atoms with E-state index in [9.17, 15) is 14.7 Å². The zero-order valence-electron chi connectivity index (χ0n) is 11.0. The van der Waals surface area contributed by atoms with E-state index in [1.807, 2.05) is 16.7 Å². The van der Waals surface area contributed by atoms with Crippen LogP contribution in [0.1, 0.15) is 39.0 Å². The van der Waals surface area contributed by atoms with Gasteiger partial charge in [-0.05, 0) is 39.2 Å². The Labute approximate surface area is 108 Å². The SMILES string of the molecule is CC(C(=O)N1CCCC1)N1CCCCC1C(=O)O. The molecule has 2 unspecified atom stereocenters. The van der Waals surface area contributed by atoms with Gasteiger partial charge in [-0.3, -0.25) is 14.5 Å². The first-order chi connectivity index (χ1) is 8.61. The van der Waals surface area contributed by atoms with Crippen molar-refractivity contribution in [3.05, 3.63) is 0 Å². The maximum atomic E-state index is 12.3. The summed E-state index contributed by atoms with van der Waals surface area (Å²) in [7, 11) is 0. The molecule has 18 heavy (non-hydrogen) atoms. The van der Waals surface area contributed by atoms with E-state index in [0.717, 1.165) is 45.3 Å². The number of carbonyl (C=O) groups is 2. The molecular weight excluding hydrogens is 232 g/mol. The van der Waals surface area contributed by atoms with E-state index in [2.05, 4.69) is 0 Å². The molecule has 0 aromatic rings. The molecule has 2 heterocycles. The number of hydrogen-bond acceptors (Lipinski definition) is 3. The number of aliphatic carboxylic acids is 1. The van der Waals surface area contributed by atoms with Gasteiger partial charge in [-0.2, -0.15) is 0 Å². The van der Waals surface area contributed by atoms with Gasteiger partial charge in [0, 0.05) is 13.1 Å². The van der Waals surface area contributed by atoms with Crippen molar-refractivity contribution in [1.82, 2.24) is 9.80 Å². The molecule has 2 saturated heterocycles. The quantitative estimate of drug-likeness (QED) is 0.814. The van der Waals surface area contributed by atoms with Gasteiger partial charge in [0.2, 0.25) is 5.91 Å². The summed E-state index contributed by atoms with van der Waals surface area (Å²) in [6, 6.07) is -0.787. The summed E-state index contributed by atoms with van der Waals surface area (Å²) in [5, 5.41) is 9.24. The summed E-state index contributed by atoms with van der Waals surface area (Å²) in [4.78, 5) is 27.3. The molecule has 0 saturated carbocycles. The van der Waals surface area contributed by atoms with Gasteiger partial charge in [-0.1, -0.05) is 6.42 Å². The first-order valence-corrected chi connectivity index (χ1v) is 6.88. The molecule has 102 valence electrons. The van der Waals surface area contributed by atoms with Gasteiger partial charge in [0.25, 0.3) is 0 Å². The molecule has 0 radical (unpaired) electrons. The minimum Gasteiger partial charge on any atom is -0.480 e. The Hall–Kier alpha value is -1.10. The highest BCUT2D eigenvalue weighted by molar-refractivity contribution is 5.83. The predicted octanol–water partition coefficient (Wildman–Crippen LogP) is 0.936. The maximum absolute atomic E-state index is 12.3. The number of nitrogens with zero attached hydrogens (tertiary/aromatic N) is 2. The van der Waals surface area contributed by atoms with Crippen LogP contribution in [0, 0.1) is 0 Å². The van der Waals surface area contributed by atoms with Crippen LogP contribution in [-0.4, -0.2) is 58.5 Å². The lowest BCUT2D eigenvalue weighted by molar-refractivity contribution is -0.148. The highest BCUT2D eigenvalue weighted by Crippen LogP contribution is 2.21. The van der Waals surface area contributed by atoms with Gasteiger partial charge in [0.05, 0.1) is 6.04 Å². The summed E-state index contributed by atoms with van der Waals surface area (Å²) in [6.07, 6.45) is 4.73. The van der Waals surface area contributed by atoms with E-state index in [4.69, 9.17) is 0 Å². The summed E-state index contributed by atoms with van der Waals surface area (Å²) in [5.41, 5.74) is 0. The fourth-order valence-corrected chi connectivity index (χ4v) is 3.03. The van der Waals surface area contributed by atoms with Gasteiger partial charge in [0.15, 0.2) is 0 Å². The second-order valence-electron chi connectivity index (χ2n) is 5.30. The van der Waals surface area contributed by atoms with Crippen molar-refractivity contribution in [3.63, 3.8) is 0 Å². The molecule has 2 atom stereocenters. The minimum atomic E-state index is -0.796. The van der Waals surface area contributed by atoms with Crippen LogP contribution in [0.2, 0.25) is 0 Å².